The van der Waals surface area contributed by atoms with Crippen LogP contribution in [0.4, 0.5) is 13.2 Å². The van der Waals surface area contributed by atoms with E-state index in [9.17, 15) is 18.0 Å². The zero-order chi connectivity index (χ0) is 21.1. The summed E-state index contributed by atoms with van der Waals surface area (Å²) in [4.78, 5) is 13.2. The number of carbonyl (C=O) groups is 1. The molecule has 0 bridgehead atoms. The van der Waals surface area contributed by atoms with Crippen molar-refractivity contribution >= 4 is 17.7 Å². The maximum atomic E-state index is 12.4. The normalized spacial score (nSPS) is 19.5. The van der Waals surface area contributed by atoms with Crippen LogP contribution in [-0.2, 0) is 4.79 Å². The van der Waals surface area contributed by atoms with Gasteiger partial charge in [0.1, 0.15) is 15.8 Å². The number of halogens is 3. The van der Waals surface area contributed by atoms with Crippen molar-refractivity contribution in [3.05, 3.63) is 65.2 Å². The van der Waals surface area contributed by atoms with Crippen molar-refractivity contribution in [2.75, 3.05) is 13.1 Å². The fourth-order valence-electron chi connectivity index (χ4n) is 3.68. The molecule has 2 aromatic carbocycles. The Morgan fingerprint density at radius 3 is 2.37 bits per heavy atom. The number of nitrogens with zero attached hydrogens (tertiary/aromatic N) is 3. The molecule has 0 spiro atoms. The van der Waals surface area contributed by atoms with Gasteiger partial charge in [0, 0.05) is 30.5 Å². The highest BCUT2D eigenvalue weighted by atomic mass is 32.1. The van der Waals surface area contributed by atoms with E-state index in [1.807, 2.05) is 30.3 Å². The summed E-state index contributed by atoms with van der Waals surface area (Å²) in [5, 5.41) is 10.3. The van der Waals surface area contributed by atoms with Crippen LogP contribution in [0.5, 0.6) is 5.75 Å². The predicted octanol–water partition coefficient (Wildman–Crippen LogP) is 4.83. The highest BCUT2D eigenvalue weighted by Gasteiger charge is 2.32. The quantitative estimate of drug-likeness (QED) is 0.541. The molecule has 1 amide bonds. The van der Waals surface area contributed by atoms with Crippen molar-refractivity contribution in [2.45, 2.75) is 24.6 Å². The number of amides is 1. The van der Waals surface area contributed by atoms with Gasteiger partial charge in [0.2, 0.25) is 6.41 Å². The lowest BCUT2D eigenvalue weighted by molar-refractivity contribution is -0.274. The Labute approximate surface area is 175 Å². The van der Waals surface area contributed by atoms with E-state index >= 15 is 0 Å². The summed E-state index contributed by atoms with van der Waals surface area (Å²) < 4.78 is 41.1. The summed E-state index contributed by atoms with van der Waals surface area (Å²) >= 11 is 1.50. The average Bonchev–Trinajstić information content (AvgIpc) is 3.24. The number of ether oxygens (including phenoxy) is 1. The van der Waals surface area contributed by atoms with Gasteiger partial charge < -0.3 is 9.64 Å². The molecular formula is C21H18F3N3O2S. The maximum Gasteiger partial charge on any atom is 0.573 e. The molecule has 156 valence electrons. The van der Waals surface area contributed by atoms with E-state index in [-0.39, 0.29) is 17.6 Å². The second-order valence-corrected chi connectivity index (χ2v) is 8.13. The first-order chi connectivity index (χ1) is 14.4. The molecule has 1 saturated heterocycles. The summed E-state index contributed by atoms with van der Waals surface area (Å²) in [6.45, 7) is 1.04. The van der Waals surface area contributed by atoms with Crippen LogP contribution in [0.3, 0.4) is 0 Å². The van der Waals surface area contributed by atoms with E-state index in [0.717, 1.165) is 34.0 Å². The number of rotatable bonds is 5. The van der Waals surface area contributed by atoms with Gasteiger partial charge in [-0.1, -0.05) is 53.8 Å². The average molecular weight is 433 g/mol. The Kier molecular flexibility index (Phi) is 5.72. The molecule has 2 heterocycles. The number of likely N-dealkylation sites (tertiary alicyclic amines) is 1. The maximum absolute atomic E-state index is 12.4. The minimum atomic E-state index is -4.72. The van der Waals surface area contributed by atoms with E-state index in [1.54, 1.807) is 17.0 Å². The number of alkyl halides is 3. The molecule has 0 aliphatic carbocycles. The van der Waals surface area contributed by atoms with Gasteiger partial charge in [-0.25, -0.2) is 0 Å². The van der Waals surface area contributed by atoms with E-state index < -0.39 is 6.36 Å². The largest absolute Gasteiger partial charge is 0.573 e. The van der Waals surface area contributed by atoms with Gasteiger partial charge in [0.05, 0.1) is 0 Å². The number of benzene rings is 2. The molecule has 4 rings (SSSR count). The van der Waals surface area contributed by atoms with Crippen LogP contribution in [0.25, 0.3) is 10.6 Å². The van der Waals surface area contributed by atoms with Crippen LogP contribution < -0.4 is 4.74 Å². The SMILES string of the molecule is O=CN1CC(c2ccc(OC(F)(F)F)cc2)CC(c2nnc(-c3ccccc3)s2)C1. The second kappa shape index (κ2) is 8.43. The Morgan fingerprint density at radius 1 is 1.00 bits per heavy atom. The number of aromatic nitrogens is 2. The summed E-state index contributed by atoms with van der Waals surface area (Å²) in [6.07, 6.45) is -3.19. The van der Waals surface area contributed by atoms with Crippen molar-refractivity contribution in [3.63, 3.8) is 0 Å². The first-order valence-electron chi connectivity index (χ1n) is 9.35. The lowest BCUT2D eigenvalue weighted by Gasteiger charge is -2.35. The van der Waals surface area contributed by atoms with Gasteiger partial charge in [0.15, 0.2) is 0 Å². The molecule has 2 atom stereocenters. The molecule has 0 N–H and O–H groups in total. The van der Waals surface area contributed by atoms with Crippen LogP contribution in [0.1, 0.15) is 28.8 Å². The molecule has 1 aliphatic heterocycles. The molecule has 1 fully saturated rings. The van der Waals surface area contributed by atoms with Crippen LogP contribution in [0, 0.1) is 0 Å². The van der Waals surface area contributed by atoms with E-state index in [1.165, 1.54) is 23.5 Å². The van der Waals surface area contributed by atoms with Gasteiger partial charge >= 0.3 is 6.36 Å². The molecule has 1 aliphatic rings. The Morgan fingerprint density at radius 2 is 1.70 bits per heavy atom. The fourth-order valence-corrected chi connectivity index (χ4v) is 4.63. The first kappa shape index (κ1) is 20.3. The first-order valence-corrected chi connectivity index (χ1v) is 10.2. The number of piperidine rings is 1. The summed E-state index contributed by atoms with van der Waals surface area (Å²) in [6, 6.07) is 15.6. The third-order valence-corrected chi connectivity index (χ3v) is 6.16. The number of hydrogen-bond acceptors (Lipinski definition) is 5. The minimum Gasteiger partial charge on any atom is -0.406 e. The zero-order valence-electron chi connectivity index (χ0n) is 15.7. The fraction of sp³-hybridized carbons (Fsp3) is 0.286. The third-order valence-electron chi connectivity index (χ3n) is 5.02. The lowest BCUT2D eigenvalue weighted by atomic mass is 9.85. The molecule has 30 heavy (non-hydrogen) atoms. The Hall–Kier alpha value is -2.94. The molecule has 2 unspecified atom stereocenters. The highest BCUT2D eigenvalue weighted by Crippen LogP contribution is 2.38. The predicted molar refractivity (Wildman–Crippen MR) is 106 cm³/mol. The van der Waals surface area contributed by atoms with E-state index in [0.29, 0.717) is 13.1 Å². The van der Waals surface area contributed by atoms with Crippen molar-refractivity contribution in [3.8, 4) is 16.3 Å². The third kappa shape index (κ3) is 4.79. The van der Waals surface area contributed by atoms with Crippen molar-refractivity contribution < 1.29 is 22.7 Å². The van der Waals surface area contributed by atoms with Crippen LogP contribution >= 0.6 is 11.3 Å². The lowest BCUT2D eigenvalue weighted by Crippen LogP contribution is -2.37. The highest BCUT2D eigenvalue weighted by molar-refractivity contribution is 7.14. The van der Waals surface area contributed by atoms with Gasteiger partial charge in [-0.2, -0.15) is 0 Å². The Balaban J connectivity index is 1.52. The Bertz CT molecular complexity index is 993. The second-order valence-electron chi connectivity index (χ2n) is 7.12. The molecule has 5 nitrogen and oxygen atoms in total. The van der Waals surface area contributed by atoms with Crippen molar-refractivity contribution in [2.24, 2.45) is 0 Å². The smallest absolute Gasteiger partial charge is 0.406 e. The van der Waals surface area contributed by atoms with E-state index in [2.05, 4.69) is 14.9 Å². The summed E-state index contributed by atoms with van der Waals surface area (Å²) in [5.41, 5.74) is 1.84. The van der Waals surface area contributed by atoms with Gasteiger partial charge in [-0.15, -0.1) is 23.4 Å². The molecule has 3 aromatic rings. The molecular weight excluding hydrogens is 415 g/mol. The van der Waals surface area contributed by atoms with Gasteiger partial charge in [-0.3, -0.25) is 4.79 Å². The standard InChI is InChI=1S/C21H18F3N3O2S/c22-21(23,24)29-18-8-6-14(7-9-18)16-10-17(12-27(11-16)13-28)20-26-25-19(30-20)15-4-2-1-3-5-15/h1-9,13,16-17H,10-12H2. The van der Waals surface area contributed by atoms with E-state index in [4.69, 9.17) is 0 Å². The summed E-state index contributed by atoms with van der Waals surface area (Å²) in [7, 11) is 0. The topological polar surface area (TPSA) is 55.3 Å². The monoisotopic (exact) mass is 433 g/mol. The number of hydrogen-bond donors (Lipinski definition) is 0. The van der Waals surface area contributed by atoms with Crippen LogP contribution in [0.15, 0.2) is 54.6 Å². The molecule has 0 radical (unpaired) electrons. The van der Waals surface area contributed by atoms with Gasteiger partial charge in [-0.05, 0) is 24.1 Å². The minimum absolute atomic E-state index is 0.00927. The van der Waals surface area contributed by atoms with Crippen LogP contribution in [0.2, 0.25) is 0 Å². The van der Waals surface area contributed by atoms with Gasteiger partial charge in [0.25, 0.3) is 0 Å². The molecule has 0 saturated carbocycles. The summed E-state index contributed by atoms with van der Waals surface area (Å²) in [5.74, 6) is -0.268. The van der Waals surface area contributed by atoms with Crippen molar-refractivity contribution in [1.29, 1.82) is 0 Å². The number of carbonyl (C=O) groups excluding carboxylic acids is 1. The zero-order valence-corrected chi connectivity index (χ0v) is 16.6. The molecule has 1 aromatic heterocycles. The van der Waals surface area contributed by atoms with Crippen LogP contribution in [-0.4, -0.2) is 41.0 Å². The van der Waals surface area contributed by atoms with Crippen molar-refractivity contribution in [1.82, 2.24) is 15.1 Å². The molecule has 9 heteroatoms.